The Morgan fingerprint density at radius 1 is 1.14 bits per heavy atom. The molecule has 0 aromatic heterocycles. The molecule has 228 valence electrons. The van der Waals surface area contributed by atoms with Crippen LogP contribution in [0.25, 0.3) is 0 Å². The van der Waals surface area contributed by atoms with Crippen molar-refractivity contribution in [1.82, 2.24) is 16.0 Å². The second-order valence-corrected chi connectivity index (χ2v) is 14.9. The van der Waals surface area contributed by atoms with Crippen molar-refractivity contribution in [2.75, 3.05) is 12.3 Å². The van der Waals surface area contributed by atoms with Gasteiger partial charge in [0.1, 0.15) is 11.4 Å². The molecule has 1 aromatic rings. The Balaban J connectivity index is 0.888. The van der Waals surface area contributed by atoms with E-state index in [2.05, 4.69) is 40.8 Å². The molecule has 6 rings (SSSR count). The lowest BCUT2D eigenvalue weighted by atomic mass is 9.53. The van der Waals surface area contributed by atoms with Crippen molar-refractivity contribution >= 4 is 23.7 Å². The molecule has 8 heteroatoms. The first kappa shape index (κ1) is 29.7. The fraction of sp³-hybridized carbons (Fsp3) is 0.706. The highest BCUT2D eigenvalue weighted by Gasteiger charge is 2.61. The van der Waals surface area contributed by atoms with Gasteiger partial charge in [-0.3, -0.25) is 4.79 Å². The first-order valence-electron chi connectivity index (χ1n) is 16.3. The summed E-state index contributed by atoms with van der Waals surface area (Å²) in [4.78, 5) is 23.8. The van der Waals surface area contributed by atoms with Gasteiger partial charge in [0.25, 0.3) is 0 Å². The van der Waals surface area contributed by atoms with E-state index < -0.39 is 5.60 Å². The number of aliphatic hydroxyl groups is 1. The summed E-state index contributed by atoms with van der Waals surface area (Å²) in [5, 5.41) is 31.2. The number of urea groups is 1. The van der Waals surface area contributed by atoms with E-state index in [1.165, 1.54) is 11.1 Å². The highest BCUT2D eigenvalue weighted by Crippen LogP contribution is 2.64. The van der Waals surface area contributed by atoms with Gasteiger partial charge in [-0.2, -0.15) is 11.8 Å². The average molecular weight is 594 g/mol. The van der Waals surface area contributed by atoms with E-state index in [0.29, 0.717) is 41.7 Å². The van der Waals surface area contributed by atoms with Crippen molar-refractivity contribution < 1.29 is 19.8 Å². The highest BCUT2D eigenvalue weighted by atomic mass is 32.2. The summed E-state index contributed by atoms with van der Waals surface area (Å²) in [6.45, 7) is 2.96. The molecule has 5 aliphatic rings. The number of phenols is 1. The van der Waals surface area contributed by atoms with E-state index in [9.17, 15) is 19.8 Å². The van der Waals surface area contributed by atoms with Crippen LogP contribution in [-0.4, -0.2) is 57.4 Å². The zero-order valence-electron chi connectivity index (χ0n) is 24.9. The van der Waals surface area contributed by atoms with Gasteiger partial charge in [0.2, 0.25) is 5.91 Å². The third kappa shape index (κ3) is 5.76. The molecular formula is C34H47N3O4S. The van der Waals surface area contributed by atoms with E-state index in [1.54, 1.807) is 0 Å². The molecule has 1 unspecified atom stereocenters. The molecule has 0 bridgehead atoms. The summed E-state index contributed by atoms with van der Waals surface area (Å²) >= 11 is 1.92. The molecule has 2 aliphatic heterocycles. The highest BCUT2D eigenvalue weighted by molar-refractivity contribution is 8.00. The SMILES string of the molecule is C[C@]12CC[C@@H]3c4ccc(O)cc4CC[C@H]3[C@@H]1CC[C@@]2(O)C#CCCCCNC(=O)CCCCC1SC[C@@H]2NC(=O)N[C@H]12. The molecule has 2 saturated heterocycles. The number of phenolic OH excluding ortho intramolecular Hbond substituents is 1. The Morgan fingerprint density at radius 3 is 2.90 bits per heavy atom. The minimum absolute atomic E-state index is 0.0463. The number of thioether (sulfide) groups is 1. The van der Waals surface area contributed by atoms with Gasteiger partial charge in [0.15, 0.2) is 0 Å². The number of carbonyl (C=O) groups is 2. The summed E-state index contributed by atoms with van der Waals surface area (Å²) in [5.74, 6) is 9.73. The molecule has 8 atom stereocenters. The lowest BCUT2D eigenvalue weighted by Gasteiger charge is -2.52. The maximum Gasteiger partial charge on any atom is 0.315 e. The summed E-state index contributed by atoms with van der Waals surface area (Å²) in [5.41, 5.74) is 1.65. The normalized spacial score (nSPS) is 36.0. The third-order valence-corrected chi connectivity index (χ3v) is 12.8. The van der Waals surface area contributed by atoms with Gasteiger partial charge in [-0.1, -0.05) is 25.3 Å². The Labute approximate surface area is 254 Å². The van der Waals surface area contributed by atoms with Crippen LogP contribution >= 0.6 is 11.8 Å². The molecule has 3 amide bonds. The Bertz CT molecular complexity index is 1240. The van der Waals surface area contributed by atoms with E-state index in [-0.39, 0.29) is 29.4 Å². The topological polar surface area (TPSA) is 111 Å². The first-order chi connectivity index (χ1) is 20.3. The fourth-order valence-electron chi connectivity index (χ4n) is 8.93. The van der Waals surface area contributed by atoms with Crippen molar-refractivity contribution in [2.45, 2.75) is 119 Å². The molecule has 42 heavy (non-hydrogen) atoms. The largest absolute Gasteiger partial charge is 0.508 e. The average Bonchev–Trinajstić information content (AvgIpc) is 3.60. The maximum atomic E-state index is 12.3. The van der Waals surface area contributed by atoms with Crippen LogP contribution in [0.2, 0.25) is 0 Å². The molecule has 7 nitrogen and oxygen atoms in total. The van der Waals surface area contributed by atoms with Crippen LogP contribution in [-0.2, 0) is 11.2 Å². The molecule has 2 saturated carbocycles. The second-order valence-electron chi connectivity index (χ2n) is 13.6. The molecular weight excluding hydrogens is 546 g/mol. The molecule has 3 aliphatic carbocycles. The van der Waals surface area contributed by atoms with E-state index in [1.807, 2.05) is 23.9 Å². The molecule has 1 aromatic carbocycles. The van der Waals surface area contributed by atoms with Crippen LogP contribution in [0.3, 0.4) is 0 Å². The van der Waals surface area contributed by atoms with Crippen LogP contribution in [0.1, 0.15) is 101 Å². The molecule has 0 radical (unpaired) electrons. The van der Waals surface area contributed by atoms with Crippen molar-refractivity contribution in [3.63, 3.8) is 0 Å². The number of carbonyl (C=O) groups excluding carboxylic acids is 2. The maximum absolute atomic E-state index is 12.3. The quantitative estimate of drug-likeness (QED) is 0.157. The van der Waals surface area contributed by atoms with Crippen molar-refractivity contribution in [3.8, 4) is 17.6 Å². The number of hydrogen-bond acceptors (Lipinski definition) is 5. The van der Waals surface area contributed by atoms with Crippen molar-refractivity contribution in [2.24, 2.45) is 17.3 Å². The number of aryl methyl sites for hydroxylation is 1. The van der Waals surface area contributed by atoms with E-state index in [0.717, 1.165) is 82.8 Å². The predicted octanol–water partition coefficient (Wildman–Crippen LogP) is 5.00. The molecule has 0 spiro atoms. The summed E-state index contributed by atoms with van der Waals surface area (Å²) in [6.07, 6.45) is 12.0. The predicted molar refractivity (Wildman–Crippen MR) is 166 cm³/mol. The smallest absolute Gasteiger partial charge is 0.315 e. The first-order valence-corrected chi connectivity index (χ1v) is 17.3. The lowest BCUT2D eigenvalue weighted by Crippen LogP contribution is -2.50. The number of rotatable bonds is 9. The Kier molecular flexibility index (Phi) is 8.71. The zero-order chi connectivity index (χ0) is 29.3. The van der Waals surface area contributed by atoms with Gasteiger partial charge in [0.05, 0.1) is 12.1 Å². The monoisotopic (exact) mass is 593 g/mol. The number of nitrogens with one attached hydrogen (secondary N) is 3. The number of hydrogen-bond donors (Lipinski definition) is 5. The summed E-state index contributed by atoms with van der Waals surface area (Å²) in [7, 11) is 0. The van der Waals surface area contributed by atoms with Crippen molar-refractivity contribution in [1.29, 1.82) is 0 Å². The van der Waals surface area contributed by atoms with Crippen LogP contribution < -0.4 is 16.0 Å². The van der Waals surface area contributed by atoms with Gasteiger partial charge < -0.3 is 26.2 Å². The van der Waals surface area contributed by atoms with Gasteiger partial charge in [-0.05, 0) is 105 Å². The standard InChI is InChI=1S/C34H47N3O4S/c1-33-17-14-25-24-13-11-23(38)20-22(24)10-12-26(25)27(33)15-18-34(33,41)16-6-2-3-7-19-35-30(39)9-5-4-8-29-31-28(21-42-29)36-32(40)37-31/h11,13,20,25-29,31,38,41H,2-5,7-10,12,14-15,17-19,21H2,1H3,(H,35,39)(H2,36,37,40)/t25-,26-,27+,28+,29?,31+,33+,34+/m1/s1. The lowest BCUT2D eigenvalue weighted by molar-refractivity contribution is -0.121. The third-order valence-electron chi connectivity index (χ3n) is 11.3. The number of amides is 3. The van der Waals surface area contributed by atoms with Gasteiger partial charge in [0, 0.05) is 35.8 Å². The van der Waals surface area contributed by atoms with Crippen LogP contribution in [0.15, 0.2) is 18.2 Å². The molecule has 4 fully saturated rings. The number of benzene rings is 1. The van der Waals surface area contributed by atoms with Crippen LogP contribution in [0, 0.1) is 29.1 Å². The number of fused-ring (bicyclic) bond motifs is 6. The Morgan fingerprint density at radius 2 is 2.02 bits per heavy atom. The van der Waals surface area contributed by atoms with Gasteiger partial charge in [-0.25, -0.2) is 4.79 Å². The summed E-state index contributed by atoms with van der Waals surface area (Å²) < 4.78 is 0. The Hall–Kier alpha value is -2.37. The van der Waals surface area contributed by atoms with E-state index in [4.69, 9.17) is 0 Å². The molecule has 5 N–H and O–H groups in total. The minimum Gasteiger partial charge on any atom is -0.508 e. The van der Waals surface area contributed by atoms with Gasteiger partial charge in [-0.15, -0.1) is 5.92 Å². The zero-order valence-corrected chi connectivity index (χ0v) is 25.7. The van der Waals surface area contributed by atoms with E-state index >= 15 is 0 Å². The fourth-order valence-corrected chi connectivity index (χ4v) is 10.5. The van der Waals surface area contributed by atoms with Gasteiger partial charge >= 0.3 is 6.03 Å². The summed E-state index contributed by atoms with van der Waals surface area (Å²) in [6, 6.07) is 6.36. The number of unbranched alkanes of at least 4 members (excludes halogenated alkanes) is 3. The number of aromatic hydroxyl groups is 1. The second kappa shape index (κ2) is 12.3. The van der Waals surface area contributed by atoms with Crippen LogP contribution in [0.5, 0.6) is 5.75 Å². The van der Waals surface area contributed by atoms with Crippen LogP contribution in [0.4, 0.5) is 4.79 Å². The van der Waals surface area contributed by atoms with Crippen molar-refractivity contribution in [3.05, 3.63) is 29.3 Å². The minimum atomic E-state index is -0.913. The molecule has 2 heterocycles.